The highest BCUT2D eigenvalue weighted by atomic mass is 79.9. The molecule has 1 aromatic heterocycles. The van der Waals surface area contributed by atoms with E-state index in [2.05, 4.69) is 33.7 Å². The van der Waals surface area contributed by atoms with Gasteiger partial charge in [0.1, 0.15) is 16.5 Å². The average molecular weight is 378 g/mol. The van der Waals surface area contributed by atoms with Crippen molar-refractivity contribution in [3.63, 3.8) is 0 Å². The van der Waals surface area contributed by atoms with Gasteiger partial charge >= 0.3 is 0 Å². The lowest BCUT2D eigenvalue weighted by Gasteiger charge is -2.51. The molecule has 2 heterocycles. The first-order valence-corrected chi connectivity index (χ1v) is 8.29. The summed E-state index contributed by atoms with van der Waals surface area (Å²) < 4.78 is 15.1. The van der Waals surface area contributed by atoms with Gasteiger partial charge in [0.05, 0.1) is 3.79 Å². The summed E-state index contributed by atoms with van der Waals surface area (Å²) in [5, 5.41) is 6.96. The molecule has 1 atom stereocenters. The highest BCUT2D eigenvalue weighted by Crippen LogP contribution is 2.43. The molecule has 0 fully saturated rings. The summed E-state index contributed by atoms with van der Waals surface area (Å²) in [6, 6.07) is 1.94. The van der Waals surface area contributed by atoms with Crippen LogP contribution in [0.3, 0.4) is 0 Å². The van der Waals surface area contributed by atoms with Gasteiger partial charge in [-0.05, 0) is 41.4 Å². The molecule has 0 radical (unpaired) electrons. The zero-order valence-corrected chi connectivity index (χ0v) is 15.1. The average Bonchev–Trinajstić information content (AvgIpc) is 2.73. The van der Waals surface area contributed by atoms with Crippen molar-refractivity contribution in [1.29, 1.82) is 0 Å². The normalized spacial score (nSPS) is 22.6. The molecular formula is C13H17BrFN3S2. The number of thiophene rings is 1. The van der Waals surface area contributed by atoms with Gasteiger partial charge in [0.25, 0.3) is 0 Å². The summed E-state index contributed by atoms with van der Waals surface area (Å²) in [7, 11) is 3.78. The molecule has 2 rings (SSSR count). The molecule has 0 amide bonds. The fourth-order valence-electron chi connectivity index (χ4n) is 2.16. The summed E-state index contributed by atoms with van der Waals surface area (Å²) in [4.78, 5) is 2.88. The van der Waals surface area contributed by atoms with Gasteiger partial charge in [0, 0.05) is 19.0 Å². The third-order valence-corrected chi connectivity index (χ3v) is 5.77. The molecule has 0 spiro atoms. The SMILES string of the molecule is CC/C=C(/F)C1=NN(C)C1(C)N(C)c1sc(Br)cc1S. The Morgan fingerprint density at radius 2 is 2.35 bits per heavy atom. The minimum atomic E-state index is -0.600. The second-order valence-electron chi connectivity index (χ2n) is 4.75. The monoisotopic (exact) mass is 377 g/mol. The van der Waals surface area contributed by atoms with Crippen molar-refractivity contribution in [2.75, 3.05) is 19.0 Å². The van der Waals surface area contributed by atoms with Crippen LogP contribution in [-0.4, -0.2) is 30.5 Å². The first-order valence-electron chi connectivity index (χ1n) is 6.23. The number of hydrogen-bond donors (Lipinski definition) is 1. The third-order valence-electron chi connectivity index (χ3n) is 3.56. The summed E-state index contributed by atoms with van der Waals surface area (Å²) in [6.45, 7) is 3.87. The van der Waals surface area contributed by atoms with Crippen LogP contribution >= 0.6 is 39.9 Å². The first-order chi connectivity index (χ1) is 9.32. The van der Waals surface area contributed by atoms with Gasteiger partial charge in [-0.2, -0.15) is 5.10 Å². The first kappa shape index (κ1) is 15.9. The van der Waals surface area contributed by atoms with E-state index in [-0.39, 0.29) is 5.83 Å². The zero-order valence-electron chi connectivity index (χ0n) is 11.8. The molecule has 1 unspecified atom stereocenters. The van der Waals surface area contributed by atoms with Crippen molar-refractivity contribution in [3.05, 3.63) is 21.8 Å². The molecule has 110 valence electrons. The number of allylic oxidation sites excluding steroid dienone is 1. The van der Waals surface area contributed by atoms with Crippen LogP contribution in [0.1, 0.15) is 20.3 Å². The van der Waals surface area contributed by atoms with Crippen molar-refractivity contribution in [3.8, 4) is 0 Å². The summed E-state index contributed by atoms with van der Waals surface area (Å²) in [5.41, 5.74) is -0.140. The number of hydrogen-bond acceptors (Lipinski definition) is 5. The molecule has 3 nitrogen and oxygen atoms in total. The maximum atomic E-state index is 14.2. The van der Waals surface area contributed by atoms with Crippen molar-refractivity contribution in [2.24, 2.45) is 5.10 Å². The van der Waals surface area contributed by atoms with E-state index in [1.54, 1.807) is 22.4 Å². The molecule has 0 saturated carbocycles. The van der Waals surface area contributed by atoms with E-state index in [1.807, 2.05) is 38.9 Å². The lowest BCUT2D eigenvalue weighted by Crippen LogP contribution is -2.66. The topological polar surface area (TPSA) is 18.8 Å². The Morgan fingerprint density at radius 1 is 1.70 bits per heavy atom. The van der Waals surface area contributed by atoms with Gasteiger partial charge in [-0.25, -0.2) is 4.39 Å². The van der Waals surface area contributed by atoms with Crippen LogP contribution in [0.4, 0.5) is 9.39 Å². The van der Waals surface area contributed by atoms with E-state index in [1.165, 1.54) is 0 Å². The standard InChI is InChI=1S/C13H17BrFN3S2/c1-5-6-8(15)11-13(2,18(4)16-11)17(3)12-9(19)7-10(14)20-12/h6-7,19H,5H2,1-4H3/b8-6+. The van der Waals surface area contributed by atoms with Crippen LogP contribution in [0.5, 0.6) is 0 Å². The Bertz CT molecular complexity index is 584. The minimum Gasteiger partial charge on any atom is -0.336 e. The van der Waals surface area contributed by atoms with E-state index in [4.69, 9.17) is 0 Å². The second kappa shape index (κ2) is 5.69. The molecule has 20 heavy (non-hydrogen) atoms. The Hall–Kier alpha value is -0.530. The number of anilines is 1. The largest absolute Gasteiger partial charge is 0.336 e. The van der Waals surface area contributed by atoms with Gasteiger partial charge < -0.3 is 4.90 Å². The lowest BCUT2D eigenvalue weighted by molar-refractivity contribution is 0.163. The molecular weight excluding hydrogens is 361 g/mol. The van der Waals surface area contributed by atoms with E-state index in [0.29, 0.717) is 12.1 Å². The lowest BCUT2D eigenvalue weighted by atomic mass is 9.98. The number of hydrazone groups is 1. The molecule has 1 aromatic rings. The Labute approximate surface area is 136 Å². The molecule has 0 saturated heterocycles. The van der Waals surface area contributed by atoms with Crippen LogP contribution in [0.25, 0.3) is 0 Å². The quantitative estimate of drug-likeness (QED) is 0.777. The van der Waals surface area contributed by atoms with Gasteiger partial charge in [-0.15, -0.1) is 24.0 Å². The maximum absolute atomic E-state index is 14.2. The molecule has 0 bridgehead atoms. The predicted octanol–water partition coefficient (Wildman–Crippen LogP) is 4.52. The van der Waals surface area contributed by atoms with Crippen molar-refractivity contribution < 1.29 is 4.39 Å². The van der Waals surface area contributed by atoms with Gasteiger partial charge in [-0.1, -0.05) is 6.92 Å². The van der Waals surface area contributed by atoms with Crippen LogP contribution in [0, 0.1) is 0 Å². The minimum absolute atomic E-state index is 0.253. The summed E-state index contributed by atoms with van der Waals surface area (Å²) in [6.07, 6.45) is 2.21. The second-order valence-corrected chi connectivity index (χ2v) is 7.64. The summed E-state index contributed by atoms with van der Waals surface area (Å²) in [5.74, 6) is -0.253. The fourth-order valence-corrected chi connectivity index (χ4v) is 4.37. The third kappa shape index (κ3) is 2.40. The van der Waals surface area contributed by atoms with Crippen LogP contribution in [-0.2, 0) is 0 Å². The van der Waals surface area contributed by atoms with Crippen molar-refractivity contribution in [1.82, 2.24) is 5.01 Å². The zero-order chi connectivity index (χ0) is 15.1. The molecule has 7 heteroatoms. The van der Waals surface area contributed by atoms with Crippen molar-refractivity contribution >= 4 is 50.6 Å². The number of rotatable bonds is 4. The Morgan fingerprint density at radius 3 is 2.80 bits per heavy atom. The smallest absolute Gasteiger partial charge is 0.174 e. The Kier molecular flexibility index (Phi) is 4.51. The Balaban J connectivity index is 2.38. The van der Waals surface area contributed by atoms with Gasteiger partial charge in [0.2, 0.25) is 0 Å². The van der Waals surface area contributed by atoms with Crippen LogP contribution < -0.4 is 4.90 Å². The summed E-state index contributed by atoms with van der Waals surface area (Å²) >= 11 is 9.50. The van der Waals surface area contributed by atoms with Gasteiger partial charge in [0.15, 0.2) is 5.66 Å². The number of nitrogens with zero attached hydrogens (tertiary/aromatic N) is 3. The van der Waals surface area contributed by atoms with E-state index in [0.717, 1.165) is 13.7 Å². The van der Waals surface area contributed by atoms with E-state index < -0.39 is 5.66 Å². The fraction of sp³-hybridized carbons (Fsp3) is 0.462. The van der Waals surface area contributed by atoms with Crippen molar-refractivity contribution in [2.45, 2.75) is 30.8 Å². The highest BCUT2D eigenvalue weighted by molar-refractivity contribution is 9.11. The molecule has 0 aromatic carbocycles. The van der Waals surface area contributed by atoms with Crippen LogP contribution in [0.2, 0.25) is 0 Å². The van der Waals surface area contributed by atoms with Gasteiger partial charge in [-0.3, -0.25) is 5.01 Å². The molecule has 0 N–H and O–H groups in total. The molecule has 0 aliphatic carbocycles. The number of thiol groups is 1. The predicted molar refractivity (Wildman–Crippen MR) is 90.8 cm³/mol. The van der Waals surface area contributed by atoms with E-state index >= 15 is 0 Å². The maximum Gasteiger partial charge on any atom is 0.174 e. The number of halogens is 2. The van der Waals surface area contributed by atoms with Crippen LogP contribution in [0.15, 0.2) is 31.8 Å². The highest BCUT2D eigenvalue weighted by Gasteiger charge is 2.49. The molecule has 1 aliphatic heterocycles. The molecule has 1 aliphatic rings. The van der Waals surface area contributed by atoms with E-state index in [9.17, 15) is 4.39 Å².